The second-order valence-electron chi connectivity index (χ2n) is 5.33. The molecule has 0 unspecified atom stereocenters. The minimum absolute atomic E-state index is 0.0567. The quantitative estimate of drug-likeness (QED) is 0.896. The molecule has 1 aliphatic carbocycles. The number of piperidine rings is 1. The molecule has 1 saturated heterocycles. The Morgan fingerprint density at radius 3 is 2.53 bits per heavy atom. The molecule has 1 aromatic rings. The Morgan fingerprint density at radius 1 is 1.21 bits per heavy atom. The van der Waals surface area contributed by atoms with Crippen LogP contribution < -0.4 is 5.32 Å². The highest BCUT2D eigenvalue weighted by Gasteiger charge is 2.31. The Bertz CT molecular complexity index is 457. The van der Waals surface area contributed by atoms with Gasteiger partial charge in [-0.3, -0.25) is 9.59 Å². The van der Waals surface area contributed by atoms with Gasteiger partial charge in [-0.25, -0.2) is 0 Å². The zero-order chi connectivity index (χ0) is 13.2. The number of hydrogen-bond donors (Lipinski definition) is 1. The van der Waals surface area contributed by atoms with Crippen molar-refractivity contribution in [1.82, 2.24) is 10.2 Å². The second kappa shape index (κ2) is 5.07. The van der Waals surface area contributed by atoms with Crippen molar-refractivity contribution < 1.29 is 14.0 Å². The average Bonchev–Trinajstić information content (AvgIpc) is 3.08. The number of likely N-dealkylation sites (tertiary alicyclic amines) is 1. The lowest BCUT2D eigenvalue weighted by Crippen LogP contribution is -2.43. The molecule has 1 N–H and O–H groups in total. The zero-order valence-electron chi connectivity index (χ0n) is 10.8. The molecule has 2 heterocycles. The van der Waals surface area contributed by atoms with Crippen molar-refractivity contribution in [3.05, 3.63) is 24.2 Å². The van der Waals surface area contributed by atoms with Crippen LogP contribution in [0.3, 0.4) is 0 Å². The Kier molecular flexibility index (Phi) is 3.27. The van der Waals surface area contributed by atoms with Crippen molar-refractivity contribution in [2.45, 2.75) is 31.7 Å². The predicted molar refractivity (Wildman–Crippen MR) is 68.5 cm³/mol. The molecule has 19 heavy (non-hydrogen) atoms. The van der Waals surface area contributed by atoms with Gasteiger partial charge < -0.3 is 14.6 Å². The summed E-state index contributed by atoms with van der Waals surface area (Å²) in [5.41, 5.74) is 0. The number of rotatable bonds is 3. The van der Waals surface area contributed by atoms with E-state index in [1.165, 1.54) is 6.26 Å². The molecule has 3 rings (SSSR count). The molecular formula is C14H18N2O3. The molecule has 1 aliphatic heterocycles. The maximum atomic E-state index is 12.1. The van der Waals surface area contributed by atoms with E-state index in [9.17, 15) is 9.59 Å². The fraction of sp³-hybridized carbons (Fsp3) is 0.571. The van der Waals surface area contributed by atoms with Crippen molar-refractivity contribution in [3.63, 3.8) is 0 Å². The number of carbonyl (C=O) groups excluding carboxylic acids is 2. The first-order valence-electron chi connectivity index (χ1n) is 6.87. The fourth-order valence-electron chi connectivity index (χ4n) is 2.45. The van der Waals surface area contributed by atoms with E-state index < -0.39 is 0 Å². The van der Waals surface area contributed by atoms with E-state index in [0.717, 1.165) is 25.7 Å². The van der Waals surface area contributed by atoms with Crippen LogP contribution in [0.4, 0.5) is 0 Å². The Hall–Kier alpha value is -1.78. The molecule has 102 valence electrons. The number of nitrogens with one attached hydrogen (secondary N) is 1. The van der Waals surface area contributed by atoms with E-state index in [1.54, 1.807) is 17.0 Å². The summed E-state index contributed by atoms with van der Waals surface area (Å²) >= 11 is 0. The van der Waals surface area contributed by atoms with E-state index in [2.05, 4.69) is 5.32 Å². The van der Waals surface area contributed by atoms with E-state index >= 15 is 0 Å². The Balaban J connectivity index is 1.51. The summed E-state index contributed by atoms with van der Waals surface area (Å²) in [7, 11) is 0. The highest BCUT2D eigenvalue weighted by molar-refractivity contribution is 5.91. The molecule has 1 aromatic heterocycles. The summed E-state index contributed by atoms with van der Waals surface area (Å²) < 4.78 is 5.11. The van der Waals surface area contributed by atoms with Gasteiger partial charge in [0.15, 0.2) is 5.76 Å². The number of nitrogens with zero attached hydrogens (tertiary/aromatic N) is 1. The Morgan fingerprint density at radius 2 is 1.95 bits per heavy atom. The first-order chi connectivity index (χ1) is 9.24. The third-order valence-electron chi connectivity index (χ3n) is 3.81. The third-order valence-corrected chi connectivity index (χ3v) is 3.81. The lowest BCUT2D eigenvalue weighted by molar-refractivity contribution is -0.126. The van der Waals surface area contributed by atoms with E-state index in [0.29, 0.717) is 24.9 Å². The standard InChI is InChI=1S/C14H18N2O3/c17-13(15-11-3-4-11)10-5-7-16(8-6-10)14(18)12-2-1-9-19-12/h1-2,9-11H,3-8H2,(H,15,17). The zero-order valence-corrected chi connectivity index (χ0v) is 10.8. The van der Waals surface area contributed by atoms with Crippen molar-refractivity contribution in [1.29, 1.82) is 0 Å². The van der Waals surface area contributed by atoms with Gasteiger partial charge in [0.25, 0.3) is 5.91 Å². The van der Waals surface area contributed by atoms with Crippen molar-refractivity contribution >= 4 is 11.8 Å². The summed E-state index contributed by atoms with van der Waals surface area (Å²) in [5, 5.41) is 3.03. The summed E-state index contributed by atoms with van der Waals surface area (Å²) in [5.74, 6) is 0.515. The molecule has 0 bridgehead atoms. The lowest BCUT2D eigenvalue weighted by atomic mass is 9.95. The van der Waals surface area contributed by atoms with Crippen molar-refractivity contribution in [3.8, 4) is 0 Å². The van der Waals surface area contributed by atoms with Crippen LogP contribution in [-0.4, -0.2) is 35.8 Å². The van der Waals surface area contributed by atoms with E-state index in [-0.39, 0.29) is 17.7 Å². The second-order valence-corrected chi connectivity index (χ2v) is 5.33. The largest absolute Gasteiger partial charge is 0.459 e. The third kappa shape index (κ3) is 2.80. The molecule has 2 amide bonds. The maximum Gasteiger partial charge on any atom is 0.289 e. The monoisotopic (exact) mass is 262 g/mol. The van der Waals surface area contributed by atoms with Gasteiger partial charge in [0.05, 0.1) is 6.26 Å². The van der Waals surface area contributed by atoms with Gasteiger partial charge >= 0.3 is 0 Å². The van der Waals surface area contributed by atoms with Crippen LogP contribution in [0.5, 0.6) is 0 Å². The van der Waals surface area contributed by atoms with Crippen LogP contribution in [0.1, 0.15) is 36.2 Å². The van der Waals surface area contributed by atoms with Gasteiger partial charge in [-0.05, 0) is 37.8 Å². The van der Waals surface area contributed by atoms with Gasteiger partial charge in [-0.2, -0.15) is 0 Å². The molecule has 0 atom stereocenters. The van der Waals surface area contributed by atoms with Crippen LogP contribution in [0.25, 0.3) is 0 Å². The van der Waals surface area contributed by atoms with E-state index in [4.69, 9.17) is 4.42 Å². The first kappa shape index (κ1) is 12.3. The molecule has 0 radical (unpaired) electrons. The molecule has 1 saturated carbocycles. The van der Waals surface area contributed by atoms with E-state index in [1.807, 2.05) is 0 Å². The molecule has 2 aliphatic rings. The lowest BCUT2D eigenvalue weighted by Gasteiger charge is -2.30. The van der Waals surface area contributed by atoms with Crippen LogP contribution >= 0.6 is 0 Å². The van der Waals surface area contributed by atoms with Crippen LogP contribution in [0, 0.1) is 5.92 Å². The normalized spacial score (nSPS) is 20.3. The highest BCUT2D eigenvalue weighted by Crippen LogP contribution is 2.23. The van der Waals surface area contributed by atoms with Gasteiger partial charge in [-0.1, -0.05) is 0 Å². The van der Waals surface area contributed by atoms with Crippen LogP contribution in [0.2, 0.25) is 0 Å². The first-order valence-corrected chi connectivity index (χ1v) is 6.87. The predicted octanol–water partition coefficient (Wildman–Crippen LogP) is 1.41. The number of amides is 2. The molecule has 2 fully saturated rings. The van der Waals surface area contributed by atoms with Crippen molar-refractivity contribution in [2.75, 3.05) is 13.1 Å². The van der Waals surface area contributed by atoms with Crippen molar-refractivity contribution in [2.24, 2.45) is 5.92 Å². The van der Waals surface area contributed by atoms with Crippen LogP contribution in [-0.2, 0) is 4.79 Å². The minimum Gasteiger partial charge on any atom is -0.459 e. The molecule has 0 aromatic carbocycles. The smallest absolute Gasteiger partial charge is 0.289 e. The molecule has 0 spiro atoms. The topological polar surface area (TPSA) is 62.6 Å². The highest BCUT2D eigenvalue weighted by atomic mass is 16.3. The van der Waals surface area contributed by atoms with Gasteiger partial charge in [0, 0.05) is 25.0 Å². The Labute approximate surface area is 111 Å². The molecule has 5 heteroatoms. The van der Waals surface area contributed by atoms with Crippen LogP contribution in [0.15, 0.2) is 22.8 Å². The van der Waals surface area contributed by atoms with Gasteiger partial charge in [-0.15, -0.1) is 0 Å². The number of carbonyl (C=O) groups is 2. The maximum absolute atomic E-state index is 12.1. The average molecular weight is 262 g/mol. The minimum atomic E-state index is -0.0777. The SMILES string of the molecule is O=C(NC1CC1)C1CCN(C(=O)c2ccco2)CC1. The van der Waals surface area contributed by atoms with Gasteiger partial charge in [0.1, 0.15) is 0 Å². The summed E-state index contributed by atoms with van der Waals surface area (Å²) in [6.45, 7) is 1.25. The fourth-order valence-corrected chi connectivity index (χ4v) is 2.45. The number of furan rings is 1. The molecular weight excluding hydrogens is 244 g/mol. The summed E-state index contributed by atoms with van der Waals surface area (Å²) in [6, 6.07) is 3.80. The van der Waals surface area contributed by atoms with Gasteiger partial charge in [0.2, 0.25) is 5.91 Å². The summed E-state index contributed by atoms with van der Waals surface area (Å²) in [6.07, 6.45) is 5.21. The summed E-state index contributed by atoms with van der Waals surface area (Å²) in [4.78, 5) is 25.7. The number of hydrogen-bond acceptors (Lipinski definition) is 3. The molecule has 5 nitrogen and oxygen atoms in total.